The largest absolute Gasteiger partial charge is 0.396 e. The van der Waals surface area contributed by atoms with E-state index in [2.05, 4.69) is 49.2 Å². The van der Waals surface area contributed by atoms with Crippen LogP contribution >= 0.6 is 0 Å². The second kappa shape index (κ2) is 5.79. The van der Waals surface area contributed by atoms with Gasteiger partial charge in [-0.2, -0.15) is 5.10 Å². The number of rotatable bonds is 5. The van der Waals surface area contributed by atoms with Crippen LogP contribution in [0.2, 0.25) is 0 Å². The van der Waals surface area contributed by atoms with Crippen molar-refractivity contribution in [3.63, 3.8) is 0 Å². The summed E-state index contributed by atoms with van der Waals surface area (Å²) in [4.78, 5) is 4.42. The molecule has 20 heavy (non-hydrogen) atoms. The minimum Gasteiger partial charge on any atom is -0.396 e. The van der Waals surface area contributed by atoms with E-state index in [9.17, 15) is 0 Å². The first-order valence-electron chi connectivity index (χ1n) is 7.14. The number of anilines is 1. The van der Waals surface area contributed by atoms with Gasteiger partial charge in [0.15, 0.2) is 5.82 Å². The average molecular weight is 276 g/mol. The van der Waals surface area contributed by atoms with Crippen LogP contribution in [0.1, 0.15) is 46.2 Å². The van der Waals surface area contributed by atoms with Gasteiger partial charge >= 0.3 is 0 Å². The van der Waals surface area contributed by atoms with Gasteiger partial charge in [-0.3, -0.25) is 0 Å². The molecule has 0 saturated carbocycles. The van der Waals surface area contributed by atoms with Gasteiger partial charge in [0.2, 0.25) is 0 Å². The van der Waals surface area contributed by atoms with Gasteiger partial charge in [0.25, 0.3) is 0 Å². The van der Waals surface area contributed by atoms with Gasteiger partial charge in [0.05, 0.1) is 5.69 Å². The first-order chi connectivity index (χ1) is 9.41. The maximum absolute atomic E-state index is 8.89. The summed E-state index contributed by atoms with van der Waals surface area (Å²) in [6.45, 7) is 8.78. The molecule has 0 amide bonds. The number of nitrogens with zero attached hydrogens (tertiary/aromatic N) is 3. The Kier molecular flexibility index (Phi) is 4.28. The Morgan fingerprint density at radius 3 is 2.80 bits per heavy atom. The van der Waals surface area contributed by atoms with Crippen molar-refractivity contribution >= 4 is 11.3 Å². The second-order valence-electron chi connectivity index (χ2n) is 6.30. The van der Waals surface area contributed by atoms with Gasteiger partial charge in [-0.15, -0.1) is 0 Å². The number of hydrogen-bond acceptors (Lipinski definition) is 4. The molecule has 1 atom stereocenters. The Morgan fingerprint density at radius 1 is 1.40 bits per heavy atom. The summed E-state index contributed by atoms with van der Waals surface area (Å²) in [5.74, 6) is 0.848. The van der Waals surface area contributed by atoms with Crippen LogP contribution < -0.4 is 5.32 Å². The van der Waals surface area contributed by atoms with Gasteiger partial charge < -0.3 is 10.4 Å². The summed E-state index contributed by atoms with van der Waals surface area (Å²) in [7, 11) is 0. The molecule has 2 N–H and O–H groups in total. The van der Waals surface area contributed by atoms with Gasteiger partial charge in [-0.25, -0.2) is 9.50 Å². The zero-order chi connectivity index (χ0) is 14.8. The normalized spacial score (nSPS) is 13.7. The molecule has 0 radical (unpaired) electrons. The van der Waals surface area contributed by atoms with E-state index in [1.807, 2.05) is 10.7 Å². The second-order valence-corrected chi connectivity index (χ2v) is 6.30. The van der Waals surface area contributed by atoms with Crippen molar-refractivity contribution in [3.05, 3.63) is 24.2 Å². The highest BCUT2D eigenvalue weighted by molar-refractivity contribution is 5.68. The van der Waals surface area contributed by atoms with E-state index in [1.165, 1.54) is 0 Å². The van der Waals surface area contributed by atoms with Crippen LogP contribution in [0.25, 0.3) is 5.52 Å². The van der Waals surface area contributed by atoms with E-state index in [0.717, 1.165) is 29.9 Å². The number of hydrogen-bond donors (Lipinski definition) is 2. The fourth-order valence-electron chi connectivity index (χ4n) is 2.10. The number of nitrogens with one attached hydrogen (secondary N) is 1. The number of aromatic nitrogens is 3. The smallest absolute Gasteiger partial charge is 0.152 e. The molecule has 5 heteroatoms. The van der Waals surface area contributed by atoms with E-state index in [0.29, 0.717) is 0 Å². The molecule has 0 bridgehead atoms. The molecule has 2 aromatic heterocycles. The maximum Gasteiger partial charge on any atom is 0.152 e. The third-order valence-corrected chi connectivity index (χ3v) is 3.34. The monoisotopic (exact) mass is 276 g/mol. The molecule has 0 aromatic carbocycles. The Hall–Kier alpha value is -1.62. The standard InChI is InChI=1S/C15H24N4O/c1-11(6-5-9-20)17-14-12-10-13(15(2,3)4)18-19(12)8-7-16-14/h7-8,10-11,20H,5-6,9H2,1-4H3,(H,16,17). The average Bonchev–Trinajstić information content (AvgIpc) is 2.81. The third kappa shape index (κ3) is 3.28. The van der Waals surface area contributed by atoms with Gasteiger partial charge in [0, 0.05) is 30.5 Å². The molecule has 0 spiro atoms. The highest BCUT2D eigenvalue weighted by Gasteiger charge is 2.19. The van der Waals surface area contributed by atoms with Gasteiger partial charge in [-0.1, -0.05) is 20.8 Å². The fraction of sp³-hybridized carbons (Fsp3) is 0.600. The topological polar surface area (TPSA) is 62.5 Å². The Balaban J connectivity index is 2.27. The van der Waals surface area contributed by atoms with Gasteiger partial charge in [-0.05, 0) is 25.8 Å². The lowest BCUT2D eigenvalue weighted by atomic mass is 9.92. The summed E-state index contributed by atoms with van der Waals surface area (Å²) < 4.78 is 1.87. The van der Waals surface area contributed by atoms with Crippen LogP contribution in [-0.4, -0.2) is 32.4 Å². The van der Waals surface area contributed by atoms with Crippen LogP contribution in [0.3, 0.4) is 0 Å². The van der Waals surface area contributed by atoms with Crippen LogP contribution in [0.5, 0.6) is 0 Å². The molecule has 0 aliphatic rings. The Bertz CT molecular complexity index is 571. The predicted molar refractivity (Wildman–Crippen MR) is 81.1 cm³/mol. The Morgan fingerprint density at radius 2 is 2.15 bits per heavy atom. The van der Waals surface area contributed by atoms with E-state index < -0.39 is 0 Å². The highest BCUT2D eigenvalue weighted by atomic mass is 16.2. The predicted octanol–water partition coefficient (Wildman–Crippen LogP) is 2.60. The molecular weight excluding hydrogens is 252 g/mol. The van der Waals surface area contributed by atoms with E-state index in [1.54, 1.807) is 6.20 Å². The lowest BCUT2D eigenvalue weighted by Crippen LogP contribution is -2.17. The van der Waals surface area contributed by atoms with E-state index in [4.69, 9.17) is 5.11 Å². The van der Waals surface area contributed by atoms with Crippen molar-refractivity contribution in [2.45, 2.75) is 52.0 Å². The molecule has 0 aliphatic heterocycles. The number of fused-ring (bicyclic) bond motifs is 1. The molecule has 2 aromatic rings. The van der Waals surface area contributed by atoms with Crippen LogP contribution in [-0.2, 0) is 5.41 Å². The molecule has 5 nitrogen and oxygen atoms in total. The number of aliphatic hydroxyl groups is 1. The Labute approximate surface area is 120 Å². The lowest BCUT2D eigenvalue weighted by Gasteiger charge is -2.14. The van der Waals surface area contributed by atoms with Crippen molar-refractivity contribution in [1.29, 1.82) is 0 Å². The van der Waals surface area contributed by atoms with E-state index >= 15 is 0 Å². The summed E-state index contributed by atoms with van der Waals surface area (Å²) in [6, 6.07) is 2.36. The van der Waals surface area contributed by atoms with Crippen molar-refractivity contribution in [1.82, 2.24) is 14.6 Å². The highest BCUT2D eigenvalue weighted by Crippen LogP contribution is 2.24. The van der Waals surface area contributed by atoms with Crippen molar-refractivity contribution < 1.29 is 5.11 Å². The first-order valence-corrected chi connectivity index (χ1v) is 7.14. The quantitative estimate of drug-likeness (QED) is 0.881. The molecule has 1 unspecified atom stereocenters. The zero-order valence-corrected chi connectivity index (χ0v) is 12.7. The summed E-state index contributed by atoms with van der Waals surface area (Å²) in [6.07, 6.45) is 5.34. The van der Waals surface area contributed by atoms with E-state index in [-0.39, 0.29) is 18.1 Å². The molecule has 0 fully saturated rings. The minimum absolute atomic E-state index is 0.0196. The molecule has 2 heterocycles. The summed E-state index contributed by atoms with van der Waals surface area (Å²) >= 11 is 0. The van der Waals surface area contributed by atoms with Crippen LogP contribution in [0, 0.1) is 0 Å². The van der Waals surface area contributed by atoms with Crippen molar-refractivity contribution in [3.8, 4) is 0 Å². The summed E-state index contributed by atoms with van der Waals surface area (Å²) in [5, 5.41) is 16.9. The maximum atomic E-state index is 8.89. The number of aliphatic hydroxyl groups excluding tert-OH is 1. The van der Waals surface area contributed by atoms with Crippen LogP contribution in [0.4, 0.5) is 5.82 Å². The SMILES string of the molecule is CC(CCCO)Nc1nccn2nc(C(C)(C)C)cc12. The minimum atomic E-state index is 0.0196. The fourth-order valence-corrected chi connectivity index (χ4v) is 2.10. The van der Waals surface area contributed by atoms with Crippen LogP contribution in [0.15, 0.2) is 18.5 Å². The zero-order valence-electron chi connectivity index (χ0n) is 12.7. The molecule has 0 aliphatic carbocycles. The molecule has 110 valence electrons. The first kappa shape index (κ1) is 14.8. The van der Waals surface area contributed by atoms with Crippen molar-refractivity contribution in [2.75, 3.05) is 11.9 Å². The lowest BCUT2D eigenvalue weighted by molar-refractivity contribution is 0.282. The van der Waals surface area contributed by atoms with Crippen molar-refractivity contribution in [2.24, 2.45) is 0 Å². The summed E-state index contributed by atoms with van der Waals surface area (Å²) in [5.41, 5.74) is 2.07. The molecule has 0 saturated heterocycles. The van der Waals surface area contributed by atoms with Gasteiger partial charge in [0.1, 0.15) is 5.52 Å². The molecular formula is C15H24N4O. The molecule has 2 rings (SSSR count). The third-order valence-electron chi connectivity index (χ3n) is 3.34.